The van der Waals surface area contributed by atoms with E-state index >= 15 is 0 Å². The van der Waals surface area contributed by atoms with Gasteiger partial charge >= 0.3 is 0 Å². The number of nitrogens with one attached hydrogen (secondary N) is 1. The minimum absolute atomic E-state index is 0.136. The quantitative estimate of drug-likeness (QED) is 0.509. The fourth-order valence-electron chi connectivity index (χ4n) is 2.70. The number of likely N-dealkylation sites (tertiary alicyclic amines) is 1. The van der Waals surface area contributed by atoms with Gasteiger partial charge in [-0.25, -0.2) is 0 Å². The van der Waals surface area contributed by atoms with Crippen LogP contribution in [0.2, 0.25) is 0 Å². The van der Waals surface area contributed by atoms with E-state index in [1.165, 1.54) is 6.42 Å². The Bertz CT molecular complexity index is 586. The third kappa shape index (κ3) is 4.01. The molecule has 0 aliphatic carbocycles. The Balaban J connectivity index is 2.09. The van der Waals surface area contributed by atoms with Crippen molar-refractivity contribution < 1.29 is 4.79 Å². The fourth-order valence-corrected chi connectivity index (χ4v) is 2.70. The van der Waals surface area contributed by atoms with Gasteiger partial charge < -0.3 is 16.0 Å². The highest BCUT2D eigenvalue weighted by Gasteiger charge is 2.20. The molecule has 5 heteroatoms. The number of nitrogen functional groups attached to an aromatic ring is 1. The van der Waals surface area contributed by atoms with Crippen LogP contribution >= 0.6 is 0 Å². The Kier molecular flexibility index (Phi) is 5.42. The number of hydrogen-bond donors (Lipinski definition) is 2. The number of nitriles is 1. The lowest BCUT2D eigenvalue weighted by Crippen LogP contribution is -2.35. The van der Waals surface area contributed by atoms with Crippen LogP contribution in [0.1, 0.15) is 32.6 Å². The monoisotopic (exact) mass is 298 g/mol. The second kappa shape index (κ2) is 7.51. The van der Waals surface area contributed by atoms with Gasteiger partial charge in [-0.2, -0.15) is 5.26 Å². The van der Waals surface area contributed by atoms with Gasteiger partial charge in [-0.1, -0.05) is 6.92 Å². The van der Waals surface area contributed by atoms with Crippen molar-refractivity contribution in [3.05, 3.63) is 36.0 Å². The predicted molar refractivity (Wildman–Crippen MR) is 87.8 cm³/mol. The summed E-state index contributed by atoms with van der Waals surface area (Å²) in [6.07, 6.45) is 6.16. The van der Waals surface area contributed by atoms with Crippen molar-refractivity contribution in [1.82, 2.24) is 4.90 Å². The van der Waals surface area contributed by atoms with Crippen molar-refractivity contribution in [3.63, 3.8) is 0 Å². The molecular weight excluding hydrogens is 276 g/mol. The summed E-state index contributed by atoms with van der Waals surface area (Å²) in [7, 11) is 0. The van der Waals surface area contributed by atoms with Crippen LogP contribution in [-0.2, 0) is 4.79 Å². The molecule has 0 saturated carbocycles. The van der Waals surface area contributed by atoms with Gasteiger partial charge in [0.15, 0.2) is 0 Å². The minimum atomic E-state index is -0.382. The molecule has 0 radical (unpaired) electrons. The van der Waals surface area contributed by atoms with Crippen LogP contribution in [0.25, 0.3) is 0 Å². The highest BCUT2D eigenvalue weighted by atomic mass is 16.1. The van der Waals surface area contributed by atoms with E-state index in [2.05, 4.69) is 17.1 Å². The van der Waals surface area contributed by atoms with E-state index in [-0.39, 0.29) is 11.5 Å². The van der Waals surface area contributed by atoms with Gasteiger partial charge in [-0.15, -0.1) is 0 Å². The van der Waals surface area contributed by atoms with Crippen LogP contribution in [0.4, 0.5) is 11.4 Å². The molecule has 3 N–H and O–H groups in total. The molecule has 1 aromatic carbocycles. The molecule has 1 unspecified atom stereocenters. The molecule has 1 aliphatic heterocycles. The molecule has 22 heavy (non-hydrogen) atoms. The van der Waals surface area contributed by atoms with Crippen LogP contribution in [0.5, 0.6) is 0 Å². The zero-order valence-electron chi connectivity index (χ0n) is 12.9. The van der Waals surface area contributed by atoms with E-state index in [4.69, 9.17) is 5.73 Å². The lowest BCUT2D eigenvalue weighted by atomic mass is 10.0. The zero-order valence-corrected chi connectivity index (χ0v) is 12.9. The molecule has 0 spiro atoms. The Hall–Kier alpha value is -2.48. The van der Waals surface area contributed by atoms with Crippen molar-refractivity contribution >= 4 is 17.3 Å². The molecule has 1 aliphatic rings. The maximum atomic E-state index is 12.2. The highest BCUT2D eigenvalue weighted by molar-refractivity contribution is 6.06. The van der Waals surface area contributed by atoms with Gasteiger partial charge in [0.05, 0.1) is 0 Å². The Labute approximate surface area is 131 Å². The van der Waals surface area contributed by atoms with E-state index < -0.39 is 0 Å². The summed E-state index contributed by atoms with van der Waals surface area (Å²) in [5, 5.41) is 12.0. The summed E-state index contributed by atoms with van der Waals surface area (Å²) in [5.74, 6) is -0.382. The third-order valence-corrected chi connectivity index (χ3v) is 3.97. The van der Waals surface area contributed by atoms with Crippen molar-refractivity contribution in [2.75, 3.05) is 17.6 Å². The van der Waals surface area contributed by atoms with E-state index in [1.807, 2.05) is 6.07 Å². The summed E-state index contributed by atoms with van der Waals surface area (Å²) < 4.78 is 0. The number of piperidine rings is 1. The smallest absolute Gasteiger partial charge is 0.267 e. The molecule has 1 amide bonds. The molecule has 5 nitrogen and oxygen atoms in total. The van der Waals surface area contributed by atoms with Gasteiger partial charge in [0.1, 0.15) is 11.6 Å². The second-order valence-electron chi connectivity index (χ2n) is 5.53. The van der Waals surface area contributed by atoms with Gasteiger partial charge in [-0.3, -0.25) is 4.79 Å². The first-order valence-electron chi connectivity index (χ1n) is 7.68. The standard InChI is InChI=1S/C17H22N4O/c1-2-16-5-3-4-10-21(16)12-13(11-18)17(22)20-15-8-6-14(19)7-9-15/h6-9,12,16H,2-5,10,19H2,1H3,(H,20,22)/b13-12-. The number of carbonyl (C=O) groups excluding carboxylic acids is 1. The topological polar surface area (TPSA) is 82.2 Å². The van der Waals surface area contributed by atoms with Gasteiger partial charge in [-0.05, 0) is 49.9 Å². The van der Waals surface area contributed by atoms with Gasteiger partial charge in [0.25, 0.3) is 5.91 Å². The van der Waals surface area contributed by atoms with Gasteiger partial charge in [0.2, 0.25) is 0 Å². The molecule has 1 fully saturated rings. The fraction of sp³-hybridized carbons (Fsp3) is 0.412. The first kappa shape index (κ1) is 15.9. The third-order valence-electron chi connectivity index (χ3n) is 3.97. The Morgan fingerprint density at radius 3 is 2.82 bits per heavy atom. The number of rotatable bonds is 4. The van der Waals surface area contributed by atoms with Crippen molar-refractivity contribution in [3.8, 4) is 6.07 Å². The van der Waals surface area contributed by atoms with Crippen LogP contribution in [0, 0.1) is 11.3 Å². The number of benzene rings is 1. The first-order valence-corrected chi connectivity index (χ1v) is 7.68. The number of nitrogens with zero attached hydrogens (tertiary/aromatic N) is 2. The summed E-state index contributed by atoms with van der Waals surface area (Å²) in [6.45, 7) is 3.04. The van der Waals surface area contributed by atoms with E-state index in [1.54, 1.807) is 30.5 Å². The summed E-state index contributed by atoms with van der Waals surface area (Å²) in [6, 6.07) is 9.29. The number of carbonyl (C=O) groups is 1. The molecule has 1 aromatic rings. The maximum absolute atomic E-state index is 12.2. The first-order chi connectivity index (χ1) is 10.6. The summed E-state index contributed by atoms with van der Waals surface area (Å²) in [4.78, 5) is 14.4. The largest absolute Gasteiger partial charge is 0.399 e. The van der Waals surface area contributed by atoms with Crippen LogP contribution < -0.4 is 11.1 Å². The van der Waals surface area contributed by atoms with Crippen molar-refractivity contribution in [2.45, 2.75) is 38.6 Å². The molecule has 0 aromatic heterocycles. The Morgan fingerprint density at radius 2 is 2.18 bits per heavy atom. The molecule has 1 heterocycles. The molecule has 0 bridgehead atoms. The lowest BCUT2D eigenvalue weighted by molar-refractivity contribution is -0.112. The summed E-state index contributed by atoms with van der Waals surface area (Å²) in [5.41, 5.74) is 7.01. The molecular formula is C17H22N4O. The average Bonchev–Trinajstić information content (AvgIpc) is 2.55. The SMILES string of the molecule is CCC1CCCCN1/C=C(/C#N)C(=O)Nc1ccc(N)cc1. The van der Waals surface area contributed by atoms with Crippen LogP contribution in [0.3, 0.4) is 0 Å². The maximum Gasteiger partial charge on any atom is 0.267 e. The molecule has 116 valence electrons. The lowest BCUT2D eigenvalue weighted by Gasteiger charge is -2.34. The van der Waals surface area contributed by atoms with Gasteiger partial charge in [0, 0.05) is 30.2 Å². The number of nitrogens with two attached hydrogens (primary N) is 1. The number of anilines is 2. The van der Waals surface area contributed by atoms with Crippen LogP contribution in [0.15, 0.2) is 36.0 Å². The zero-order chi connectivity index (χ0) is 15.9. The number of amides is 1. The molecule has 1 atom stereocenters. The summed E-state index contributed by atoms with van der Waals surface area (Å²) >= 11 is 0. The number of hydrogen-bond acceptors (Lipinski definition) is 4. The van der Waals surface area contributed by atoms with E-state index in [0.29, 0.717) is 17.4 Å². The van der Waals surface area contributed by atoms with Crippen molar-refractivity contribution in [1.29, 1.82) is 5.26 Å². The van der Waals surface area contributed by atoms with Crippen LogP contribution in [-0.4, -0.2) is 23.4 Å². The minimum Gasteiger partial charge on any atom is -0.399 e. The average molecular weight is 298 g/mol. The van der Waals surface area contributed by atoms with Crippen molar-refractivity contribution in [2.24, 2.45) is 0 Å². The Morgan fingerprint density at radius 1 is 1.45 bits per heavy atom. The molecule has 2 rings (SSSR count). The normalized spacial score (nSPS) is 18.6. The molecule has 1 saturated heterocycles. The van der Waals surface area contributed by atoms with E-state index in [9.17, 15) is 10.1 Å². The highest BCUT2D eigenvalue weighted by Crippen LogP contribution is 2.21. The van der Waals surface area contributed by atoms with E-state index in [0.717, 1.165) is 25.8 Å². The predicted octanol–water partition coefficient (Wildman–Crippen LogP) is 2.88. The second-order valence-corrected chi connectivity index (χ2v) is 5.53.